The van der Waals surface area contributed by atoms with Crippen LogP contribution in [0.25, 0.3) is 11.1 Å². The summed E-state index contributed by atoms with van der Waals surface area (Å²) in [5.41, 5.74) is 1.33. The molecule has 7 nitrogen and oxygen atoms in total. The number of benzene rings is 2. The van der Waals surface area contributed by atoms with Crippen LogP contribution in [-0.2, 0) is 11.3 Å². The van der Waals surface area contributed by atoms with Crippen LogP contribution in [0.15, 0.2) is 36.4 Å². The summed E-state index contributed by atoms with van der Waals surface area (Å²) in [4.78, 5) is 23.7. The Kier molecular flexibility index (Phi) is 11.0. The molecule has 0 aliphatic heterocycles. The van der Waals surface area contributed by atoms with Gasteiger partial charge in [-0.2, -0.15) is 0 Å². The summed E-state index contributed by atoms with van der Waals surface area (Å²) in [6.07, 6.45) is 6.17. The van der Waals surface area contributed by atoms with Crippen molar-refractivity contribution in [2.45, 2.75) is 51.2 Å². The molecule has 36 heavy (non-hydrogen) atoms. The van der Waals surface area contributed by atoms with E-state index in [1.807, 2.05) is 7.05 Å². The highest BCUT2D eigenvalue weighted by Crippen LogP contribution is 2.30. The van der Waals surface area contributed by atoms with E-state index in [-0.39, 0.29) is 42.8 Å². The number of halogens is 2. The van der Waals surface area contributed by atoms with Gasteiger partial charge in [0.25, 0.3) is 5.91 Å². The molecule has 1 aliphatic rings. The number of likely N-dealkylation sites (N-methyl/N-ethyl adjacent to an activating group) is 1. The normalized spacial score (nSPS) is 14.9. The minimum Gasteiger partial charge on any atom is -0.465 e. The second-order valence-electron chi connectivity index (χ2n) is 9.23. The van der Waals surface area contributed by atoms with Crippen LogP contribution in [0.5, 0.6) is 0 Å². The number of hydrogen-bond acceptors (Lipinski definition) is 4. The number of ether oxygens (including phenoxy) is 1. The van der Waals surface area contributed by atoms with Gasteiger partial charge >= 0.3 is 6.09 Å². The zero-order chi connectivity index (χ0) is 25.9. The quantitative estimate of drug-likeness (QED) is 0.288. The molecular formula is C27H35ClFN3O4. The SMILES string of the molecule is CNC(CNC(=O)c1cc(COCCNC(=O)O)c(F)c(-c2cccc(Cl)c2)c1)CC1CCCCC1. The van der Waals surface area contributed by atoms with E-state index >= 15 is 4.39 Å². The molecule has 9 heteroatoms. The summed E-state index contributed by atoms with van der Waals surface area (Å²) >= 11 is 6.13. The average molecular weight is 520 g/mol. The molecule has 0 aromatic heterocycles. The highest BCUT2D eigenvalue weighted by molar-refractivity contribution is 6.30. The molecule has 1 atom stereocenters. The smallest absolute Gasteiger partial charge is 0.404 e. The van der Waals surface area contributed by atoms with Gasteiger partial charge in [-0.1, -0.05) is 55.8 Å². The molecule has 2 aromatic rings. The van der Waals surface area contributed by atoms with Gasteiger partial charge in [-0.3, -0.25) is 4.79 Å². The first-order valence-electron chi connectivity index (χ1n) is 12.5. The Labute approximate surface area is 216 Å². The fourth-order valence-corrected chi connectivity index (χ4v) is 4.84. The van der Waals surface area contributed by atoms with Crippen molar-refractivity contribution in [3.05, 3.63) is 58.4 Å². The van der Waals surface area contributed by atoms with Crippen molar-refractivity contribution in [2.75, 3.05) is 26.7 Å². The third-order valence-corrected chi connectivity index (χ3v) is 6.82. The molecule has 0 saturated heterocycles. The first-order chi connectivity index (χ1) is 17.4. The number of amides is 2. The highest BCUT2D eigenvalue weighted by Gasteiger charge is 2.20. The molecular weight excluding hydrogens is 485 g/mol. The van der Waals surface area contributed by atoms with Gasteiger partial charge in [0.1, 0.15) is 5.82 Å². The maximum atomic E-state index is 15.4. The van der Waals surface area contributed by atoms with Crippen LogP contribution >= 0.6 is 11.6 Å². The van der Waals surface area contributed by atoms with E-state index in [0.717, 1.165) is 6.42 Å². The Balaban J connectivity index is 1.74. The van der Waals surface area contributed by atoms with Crippen molar-refractivity contribution >= 4 is 23.6 Å². The number of rotatable bonds is 12. The zero-order valence-electron chi connectivity index (χ0n) is 20.6. The van der Waals surface area contributed by atoms with Crippen LogP contribution in [0.1, 0.15) is 54.4 Å². The van der Waals surface area contributed by atoms with Crippen molar-refractivity contribution in [1.82, 2.24) is 16.0 Å². The first kappa shape index (κ1) is 27.9. The topological polar surface area (TPSA) is 99.7 Å². The van der Waals surface area contributed by atoms with Crippen molar-refractivity contribution in [1.29, 1.82) is 0 Å². The van der Waals surface area contributed by atoms with Crippen molar-refractivity contribution in [3.63, 3.8) is 0 Å². The Morgan fingerprint density at radius 2 is 1.94 bits per heavy atom. The fraction of sp³-hybridized carbons (Fsp3) is 0.481. The van der Waals surface area contributed by atoms with Crippen molar-refractivity contribution in [2.24, 2.45) is 5.92 Å². The van der Waals surface area contributed by atoms with Crippen molar-refractivity contribution < 1.29 is 23.8 Å². The van der Waals surface area contributed by atoms with Gasteiger partial charge in [-0.25, -0.2) is 9.18 Å². The minimum atomic E-state index is -1.16. The van der Waals surface area contributed by atoms with E-state index < -0.39 is 11.9 Å². The molecule has 0 spiro atoms. The molecule has 0 radical (unpaired) electrons. The van der Waals surface area contributed by atoms with E-state index in [9.17, 15) is 9.59 Å². The Morgan fingerprint density at radius 3 is 2.64 bits per heavy atom. The fourth-order valence-electron chi connectivity index (χ4n) is 4.65. The number of carboxylic acid groups (broad SMARTS) is 1. The second-order valence-corrected chi connectivity index (χ2v) is 9.66. The summed E-state index contributed by atoms with van der Waals surface area (Å²) in [5.74, 6) is -0.130. The Morgan fingerprint density at radius 1 is 1.17 bits per heavy atom. The van der Waals surface area contributed by atoms with E-state index in [1.54, 1.807) is 24.3 Å². The van der Waals surface area contributed by atoms with Gasteiger partial charge in [-0.15, -0.1) is 0 Å². The molecule has 1 aliphatic carbocycles. The summed E-state index contributed by atoms with van der Waals surface area (Å²) < 4.78 is 20.9. The average Bonchev–Trinajstić information content (AvgIpc) is 2.87. The van der Waals surface area contributed by atoms with Gasteiger partial charge in [0.2, 0.25) is 0 Å². The lowest BCUT2D eigenvalue weighted by atomic mass is 9.85. The van der Waals surface area contributed by atoms with Crippen LogP contribution in [-0.4, -0.2) is 49.9 Å². The predicted molar refractivity (Wildman–Crippen MR) is 139 cm³/mol. The van der Waals surface area contributed by atoms with E-state index in [4.69, 9.17) is 21.4 Å². The van der Waals surface area contributed by atoms with Crippen molar-refractivity contribution in [3.8, 4) is 11.1 Å². The number of hydrogen-bond donors (Lipinski definition) is 4. The molecule has 0 bridgehead atoms. The van der Waals surface area contributed by atoms with Crippen LogP contribution < -0.4 is 16.0 Å². The molecule has 196 valence electrons. The van der Waals surface area contributed by atoms with Gasteiger partial charge < -0.3 is 25.8 Å². The molecule has 4 N–H and O–H groups in total. The van der Waals surface area contributed by atoms with E-state index in [2.05, 4.69) is 16.0 Å². The van der Waals surface area contributed by atoms with Crippen LogP contribution in [0.2, 0.25) is 5.02 Å². The molecule has 3 rings (SSSR count). The number of nitrogens with one attached hydrogen (secondary N) is 3. The lowest BCUT2D eigenvalue weighted by Gasteiger charge is -2.26. The lowest BCUT2D eigenvalue weighted by molar-refractivity contribution is 0.0946. The summed E-state index contributed by atoms with van der Waals surface area (Å²) in [6, 6.07) is 9.97. The first-order valence-corrected chi connectivity index (χ1v) is 12.8. The summed E-state index contributed by atoms with van der Waals surface area (Å²) in [6.45, 7) is 0.509. The largest absolute Gasteiger partial charge is 0.465 e. The van der Waals surface area contributed by atoms with E-state index in [1.165, 1.54) is 44.2 Å². The van der Waals surface area contributed by atoms with Crippen LogP contribution in [0.3, 0.4) is 0 Å². The van der Waals surface area contributed by atoms with Gasteiger partial charge in [0.05, 0.1) is 13.2 Å². The lowest BCUT2D eigenvalue weighted by Crippen LogP contribution is -2.40. The van der Waals surface area contributed by atoms with Crippen LogP contribution in [0, 0.1) is 11.7 Å². The highest BCUT2D eigenvalue weighted by atomic mass is 35.5. The van der Waals surface area contributed by atoms with Gasteiger partial charge in [0, 0.05) is 40.8 Å². The monoisotopic (exact) mass is 519 g/mol. The maximum Gasteiger partial charge on any atom is 0.404 e. The molecule has 1 saturated carbocycles. The van der Waals surface area contributed by atoms with Gasteiger partial charge in [0.15, 0.2) is 0 Å². The maximum absolute atomic E-state index is 15.4. The van der Waals surface area contributed by atoms with Gasteiger partial charge in [-0.05, 0) is 49.2 Å². The molecule has 1 unspecified atom stereocenters. The number of carbonyl (C=O) groups is 2. The Bertz CT molecular complexity index is 1030. The van der Waals surface area contributed by atoms with Crippen LogP contribution in [0.4, 0.5) is 9.18 Å². The molecule has 1 fully saturated rings. The third-order valence-electron chi connectivity index (χ3n) is 6.59. The predicted octanol–water partition coefficient (Wildman–Crippen LogP) is 5.22. The minimum absolute atomic E-state index is 0.0691. The molecule has 2 amide bonds. The summed E-state index contributed by atoms with van der Waals surface area (Å²) in [5, 5.41) is 17.6. The van der Waals surface area contributed by atoms with E-state index in [0.29, 0.717) is 28.6 Å². The second kappa shape index (κ2) is 14.2. The molecule has 2 aromatic carbocycles. The summed E-state index contributed by atoms with van der Waals surface area (Å²) in [7, 11) is 1.91. The standard InChI is InChI=1S/C27H35ClFN3O4/c1-30-23(12-18-6-3-2-4-7-18)16-32-26(33)20-13-21(17-36-11-10-31-27(34)35)25(29)24(15-20)19-8-5-9-22(28)14-19/h5,8-9,13-15,18,23,30-31H,2-4,6-7,10-12,16-17H2,1H3,(H,32,33)(H,34,35). The number of carbonyl (C=O) groups excluding carboxylic acids is 1. The third kappa shape index (κ3) is 8.47. The zero-order valence-corrected chi connectivity index (χ0v) is 21.4. The molecule has 0 heterocycles. The Hall–Kier alpha value is -2.68.